The molecule has 0 spiro atoms. The number of fused-ring (bicyclic) bond motifs is 3. The Kier molecular flexibility index (Phi) is 3.92. The minimum Gasteiger partial charge on any atom is -0.260 e. The highest BCUT2D eigenvalue weighted by atomic mass is 14.9. The molecule has 0 atom stereocenters. The highest BCUT2D eigenvalue weighted by Crippen LogP contribution is 2.49. The Morgan fingerprint density at radius 1 is 0.793 bits per heavy atom. The first-order chi connectivity index (χ1) is 14.0. The second kappa shape index (κ2) is 6.38. The maximum Gasteiger partial charge on any atom is 0.213 e. The zero-order valence-corrected chi connectivity index (χ0v) is 17.4. The van der Waals surface area contributed by atoms with Crippen molar-refractivity contribution in [3.8, 4) is 33.5 Å². The lowest BCUT2D eigenvalue weighted by molar-refractivity contribution is -0.660. The van der Waals surface area contributed by atoms with Crippen molar-refractivity contribution in [2.45, 2.75) is 26.2 Å². The van der Waals surface area contributed by atoms with Gasteiger partial charge in [0.05, 0.1) is 5.69 Å². The highest BCUT2D eigenvalue weighted by Gasteiger charge is 2.37. The quantitative estimate of drug-likeness (QED) is 0.400. The molecule has 0 radical (unpaired) electrons. The van der Waals surface area contributed by atoms with E-state index in [0.717, 1.165) is 0 Å². The molecule has 1 aliphatic rings. The van der Waals surface area contributed by atoms with Gasteiger partial charge in [-0.2, -0.15) is 0 Å². The van der Waals surface area contributed by atoms with E-state index in [-0.39, 0.29) is 5.41 Å². The molecule has 0 bridgehead atoms. The number of aromatic nitrogens is 2. The number of nitrogens with zero attached hydrogens (tertiary/aromatic N) is 2. The molecule has 0 N–H and O–H groups in total. The van der Waals surface area contributed by atoms with Crippen molar-refractivity contribution in [2.24, 2.45) is 7.05 Å². The lowest BCUT2D eigenvalue weighted by Gasteiger charge is -2.21. The molecule has 142 valence electrons. The molecule has 2 aromatic carbocycles. The minimum atomic E-state index is -0.0933. The fourth-order valence-electron chi connectivity index (χ4n) is 4.62. The number of aryl methyl sites for hydroxylation is 2. The summed E-state index contributed by atoms with van der Waals surface area (Å²) in [5, 5.41) is 0. The molecule has 5 rings (SSSR count). The van der Waals surface area contributed by atoms with Crippen molar-refractivity contribution >= 4 is 0 Å². The van der Waals surface area contributed by atoms with Crippen LogP contribution in [0.15, 0.2) is 79.1 Å². The monoisotopic (exact) mass is 377 g/mol. The van der Waals surface area contributed by atoms with Crippen LogP contribution >= 0.6 is 0 Å². The van der Waals surface area contributed by atoms with E-state index in [1.54, 1.807) is 0 Å². The molecule has 1 aliphatic carbocycles. The lowest BCUT2D eigenvalue weighted by atomic mass is 9.83. The highest BCUT2D eigenvalue weighted by molar-refractivity contribution is 5.83. The molecule has 2 nitrogen and oxygen atoms in total. The van der Waals surface area contributed by atoms with Crippen LogP contribution < -0.4 is 4.57 Å². The van der Waals surface area contributed by atoms with E-state index in [1.807, 2.05) is 12.3 Å². The van der Waals surface area contributed by atoms with Crippen LogP contribution in [0.25, 0.3) is 33.5 Å². The molecule has 0 aliphatic heterocycles. The van der Waals surface area contributed by atoms with Gasteiger partial charge in [-0.1, -0.05) is 56.3 Å². The average Bonchev–Trinajstić information content (AvgIpc) is 2.95. The maximum atomic E-state index is 4.72. The molecule has 0 amide bonds. The van der Waals surface area contributed by atoms with Crippen LogP contribution in [0.3, 0.4) is 0 Å². The second-order valence-electron chi connectivity index (χ2n) is 8.51. The van der Waals surface area contributed by atoms with E-state index in [2.05, 4.69) is 99.2 Å². The number of hydrogen-bond donors (Lipinski definition) is 0. The SMILES string of the molecule is Cc1cc2c(cc1-c1cc(-c3ccccc3)cc[n+]1C)C(C)(C)c1ncccc1-2. The van der Waals surface area contributed by atoms with Gasteiger partial charge in [-0.3, -0.25) is 4.98 Å². The molecule has 0 saturated carbocycles. The summed E-state index contributed by atoms with van der Waals surface area (Å²) in [7, 11) is 2.12. The van der Waals surface area contributed by atoms with Crippen molar-refractivity contribution in [1.82, 2.24) is 4.98 Å². The number of hydrogen-bond acceptors (Lipinski definition) is 1. The topological polar surface area (TPSA) is 16.8 Å². The smallest absolute Gasteiger partial charge is 0.213 e. The van der Waals surface area contributed by atoms with E-state index >= 15 is 0 Å². The van der Waals surface area contributed by atoms with Gasteiger partial charge in [0.25, 0.3) is 0 Å². The Morgan fingerprint density at radius 3 is 2.38 bits per heavy atom. The van der Waals surface area contributed by atoms with Gasteiger partial charge < -0.3 is 0 Å². The number of pyridine rings is 2. The fraction of sp³-hybridized carbons (Fsp3) is 0.185. The van der Waals surface area contributed by atoms with Crippen LogP contribution in [0.1, 0.15) is 30.7 Å². The molecule has 0 saturated heterocycles. The van der Waals surface area contributed by atoms with Crippen LogP contribution in [-0.4, -0.2) is 4.98 Å². The summed E-state index contributed by atoms with van der Waals surface area (Å²) in [5.41, 5.74) is 11.3. The summed E-state index contributed by atoms with van der Waals surface area (Å²) >= 11 is 0. The summed E-state index contributed by atoms with van der Waals surface area (Å²) in [6.07, 6.45) is 4.06. The molecular formula is C27H25N2+. The second-order valence-corrected chi connectivity index (χ2v) is 8.51. The van der Waals surface area contributed by atoms with Crippen molar-refractivity contribution in [1.29, 1.82) is 0 Å². The first-order valence-electron chi connectivity index (χ1n) is 10.1. The first-order valence-corrected chi connectivity index (χ1v) is 10.1. The van der Waals surface area contributed by atoms with E-state index < -0.39 is 0 Å². The minimum absolute atomic E-state index is 0.0933. The Bertz CT molecular complexity index is 1240. The Hall–Kier alpha value is -3.26. The summed E-state index contributed by atoms with van der Waals surface area (Å²) < 4.78 is 2.22. The summed E-state index contributed by atoms with van der Waals surface area (Å²) in [4.78, 5) is 4.72. The third-order valence-electron chi connectivity index (χ3n) is 6.26. The van der Waals surface area contributed by atoms with Gasteiger partial charge in [-0.15, -0.1) is 0 Å². The van der Waals surface area contributed by atoms with Gasteiger partial charge in [-0.25, -0.2) is 4.57 Å². The first kappa shape index (κ1) is 17.8. The van der Waals surface area contributed by atoms with E-state index in [1.165, 1.54) is 50.3 Å². The predicted octanol–water partition coefficient (Wildman–Crippen LogP) is 5.85. The average molecular weight is 378 g/mol. The van der Waals surface area contributed by atoms with Crippen molar-refractivity contribution in [2.75, 3.05) is 0 Å². The number of benzene rings is 2. The summed E-state index contributed by atoms with van der Waals surface area (Å²) in [6.45, 7) is 6.78. The molecule has 29 heavy (non-hydrogen) atoms. The maximum absolute atomic E-state index is 4.72. The van der Waals surface area contributed by atoms with Crippen LogP contribution in [0.4, 0.5) is 0 Å². The third kappa shape index (κ3) is 2.71. The molecule has 2 aromatic heterocycles. The van der Waals surface area contributed by atoms with E-state index in [9.17, 15) is 0 Å². The lowest BCUT2D eigenvalue weighted by Crippen LogP contribution is -2.30. The van der Waals surface area contributed by atoms with Gasteiger partial charge >= 0.3 is 0 Å². The van der Waals surface area contributed by atoms with Gasteiger partial charge in [-0.05, 0) is 46.9 Å². The van der Waals surface area contributed by atoms with Crippen LogP contribution in [0.2, 0.25) is 0 Å². The Labute approximate surface area is 172 Å². The molecule has 0 fully saturated rings. The van der Waals surface area contributed by atoms with Crippen LogP contribution in [0, 0.1) is 6.92 Å². The van der Waals surface area contributed by atoms with Crippen molar-refractivity contribution in [3.05, 3.63) is 95.9 Å². The molecule has 2 heterocycles. The Morgan fingerprint density at radius 2 is 1.59 bits per heavy atom. The summed E-state index contributed by atoms with van der Waals surface area (Å²) in [6, 6.07) is 24.0. The number of rotatable bonds is 2. The Balaban J connectivity index is 1.71. The largest absolute Gasteiger partial charge is 0.260 e. The molecule has 0 unspecified atom stereocenters. The van der Waals surface area contributed by atoms with Gasteiger partial charge in [0, 0.05) is 34.9 Å². The molecule has 2 heteroatoms. The third-order valence-corrected chi connectivity index (χ3v) is 6.26. The normalized spacial score (nSPS) is 13.8. The van der Waals surface area contributed by atoms with Crippen LogP contribution in [-0.2, 0) is 12.5 Å². The fourth-order valence-corrected chi connectivity index (χ4v) is 4.62. The van der Waals surface area contributed by atoms with Gasteiger partial charge in [0.1, 0.15) is 7.05 Å². The van der Waals surface area contributed by atoms with E-state index in [4.69, 9.17) is 4.98 Å². The molecular weight excluding hydrogens is 352 g/mol. The van der Waals surface area contributed by atoms with Crippen molar-refractivity contribution < 1.29 is 4.57 Å². The van der Waals surface area contributed by atoms with Crippen molar-refractivity contribution in [3.63, 3.8) is 0 Å². The van der Waals surface area contributed by atoms with Gasteiger partial charge in [0.15, 0.2) is 6.20 Å². The van der Waals surface area contributed by atoms with Crippen LogP contribution in [0.5, 0.6) is 0 Å². The zero-order valence-electron chi connectivity index (χ0n) is 17.4. The predicted molar refractivity (Wildman–Crippen MR) is 119 cm³/mol. The summed E-state index contributed by atoms with van der Waals surface area (Å²) in [5.74, 6) is 0. The standard InChI is InChI=1S/C27H25N2/c1-18-15-23-21-11-8-13-28-26(21)27(2,3)24(23)17-22(18)25-16-20(12-14-29(25)4)19-9-6-5-7-10-19/h5-17H,1-4H3/q+1. The molecule has 4 aromatic rings. The van der Waals surface area contributed by atoms with Gasteiger partial charge in [0.2, 0.25) is 5.69 Å². The van der Waals surface area contributed by atoms with E-state index in [0.29, 0.717) is 0 Å². The zero-order chi connectivity index (χ0) is 20.2.